The maximum absolute atomic E-state index is 10.7. The van der Waals surface area contributed by atoms with Crippen molar-refractivity contribution >= 4 is 17.0 Å². The number of hydrogen-bond donors (Lipinski definition) is 2. The van der Waals surface area contributed by atoms with Gasteiger partial charge in [0, 0.05) is 5.69 Å². The molecule has 0 saturated heterocycles. The fourth-order valence-corrected chi connectivity index (χ4v) is 2.17. The third-order valence-electron chi connectivity index (χ3n) is 2.79. The minimum atomic E-state index is -2.03. The summed E-state index contributed by atoms with van der Waals surface area (Å²) in [4.78, 5) is 0. The third-order valence-corrected chi connectivity index (χ3v) is 3.20. The van der Waals surface area contributed by atoms with E-state index in [1.807, 2.05) is 37.3 Å². The predicted molar refractivity (Wildman–Crippen MR) is 74.8 cm³/mol. The van der Waals surface area contributed by atoms with E-state index in [0.29, 0.717) is 5.69 Å². The zero-order chi connectivity index (χ0) is 13.0. The summed E-state index contributed by atoms with van der Waals surface area (Å²) in [5, 5.41) is 0. The molecule has 2 aromatic rings. The Morgan fingerprint density at radius 2 is 1.89 bits per heavy atom. The zero-order valence-corrected chi connectivity index (χ0v) is 10.9. The molecule has 4 heteroatoms. The van der Waals surface area contributed by atoms with Crippen LogP contribution < -0.4 is 4.72 Å². The molecule has 0 aliphatic heterocycles. The second-order valence-corrected chi connectivity index (χ2v) is 4.86. The van der Waals surface area contributed by atoms with E-state index in [0.717, 1.165) is 12.0 Å². The van der Waals surface area contributed by atoms with Gasteiger partial charge in [-0.3, -0.25) is 9.27 Å². The van der Waals surface area contributed by atoms with E-state index in [4.69, 9.17) is 4.55 Å². The Hall–Kier alpha value is -1.65. The van der Waals surface area contributed by atoms with Gasteiger partial charge in [-0.1, -0.05) is 36.4 Å². The molecule has 2 N–H and O–H groups in total. The van der Waals surface area contributed by atoms with Crippen LogP contribution in [0.3, 0.4) is 0 Å². The second kappa shape index (κ2) is 5.80. The summed E-state index contributed by atoms with van der Waals surface area (Å²) in [5.41, 5.74) is 4.21. The summed E-state index contributed by atoms with van der Waals surface area (Å²) in [6.45, 7) is 2.04. The topological polar surface area (TPSA) is 49.3 Å². The van der Waals surface area contributed by atoms with E-state index >= 15 is 0 Å². The number of anilines is 1. The van der Waals surface area contributed by atoms with E-state index in [2.05, 4.69) is 16.9 Å². The van der Waals surface area contributed by atoms with Gasteiger partial charge in [-0.15, -0.1) is 0 Å². The van der Waals surface area contributed by atoms with Gasteiger partial charge in [-0.25, -0.2) is 4.21 Å². The highest BCUT2D eigenvalue weighted by molar-refractivity contribution is 7.80. The summed E-state index contributed by atoms with van der Waals surface area (Å²) >= 11 is -2.03. The molecule has 2 aromatic carbocycles. The van der Waals surface area contributed by atoms with Crippen molar-refractivity contribution in [3.8, 4) is 0 Å². The van der Waals surface area contributed by atoms with Gasteiger partial charge in [-0.2, -0.15) is 0 Å². The molecule has 0 aliphatic carbocycles. The van der Waals surface area contributed by atoms with E-state index in [-0.39, 0.29) is 0 Å². The maximum atomic E-state index is 10.7. The lowest BCUT2D eigenvalue weighted by Gasteiger charge is -2.09. The van der Waals surface area contributed by atoms with Crippen LogP contribution in [0.2, 0.25) is 0 Å². The molecular weight excluding hydrogens is 246 g/mol. The van der Waals surface area contributed by atoms with Gasteiger partial charge < -0.3 is 0 Å². The van der Waals surface area contributed by atoms with Gasteiger partial charge in [0.1, 0.15) is 0 Å². The summed E-state index contributed by atoms with van der Waals surface area (Å²) in [6.07, 6.45) is 0.820. The van der Waals surface area contributed by atoms with Crippen LogP contribution in [-0.4, -0.2) is 8.76 Å². The fraction of sp³-hybridized carbons (Fsp3) is 0.143. The summed E-state index contributed by atoms with van der Waals surface area (Å²) < 4.78 is 22.0. The Labute approximate surface area is 109 Å². The molecule has 2 rings (SSSR count). The van der Waals surface area contributed by atoms with Gasteiger partial charge in [0.05, 0.1) is 0 Å². The van der Waals surface area contributed by atoms with Crippen LogP contribution >= 0.6 is 0 Å². The van der Waals surface area contributed by atoms with Crippen molar-refractivity contribution in [3.05, 3.63) is 65.2 Å². The molecule has 0 aliphatic rings. The van der Waals surface area contributed by atoms with Crippen LogP contribution in [0.4, 0.5) is 5.69 Å². The molecule has 0 aromatic heterocycles. The van der Waals surface area contributed by atoms with Crippen LogP contribution in [-0.2, 0) is 17.7 Å². The lowest BCUT2D eigenvalue weighted by Crippen LogP contribution is -2.03. The Morgan fingerprint density at radius 3 is 2.56 bits per heavy atom. The monoisotopic (exact) mass is 261 g/mol. The number of rotatable bonds is 4. The molecular formula is C14H15NO2S. The van der Waals surface area contributed by atoms with Crippen molar-refractivity contribution < 1.29 is 8.76 Å². The van der Waals surface area contributed by atoms with Crippen LogP contribution in [0.25, 0.3) is 0 Å². The van der Waals surface area contributed by atoms with Crippen molar-refractivity contribution in [2.45, 2.75) is 13.3 Å². The zero-order valence-electron chi connectivity index (χ0n) is 10.1. The Balaban J connectivity index is 2.24. The Morgan fingerprint density at radius 1 is 1.17 bits per heavy atom. The normalized spacial score (nSPS) is 12.1. The van der Waals surface area contributed by atoms with Gasteiger partial charge in [0.15, 0.2) is 0 Å². The van der Waals surface area contributed by atoms with E-state index in [1.165, 1.54) is 11.1 Å². The Bertz CT molecular complexity index is 555. The molecule has 94 valence electrons. The highest BCUT2D eigenvalue weighted by atomic mass is 32.2. The van der Waals surface area contributed by atoms with Gasteiger partial charge in [0.2, 0.25) is 0 Å². The lowest BCUT2D eigenvalue weighted by molar-refractivity contribution is 0.570. The first-order valence-electron chi connectivity index (χ1n) is 5.66. The molecule has 0 spiro atoms. The standard InChI is InChI=1S/C14H15NO2S/c1-11-7-8-14(15-18(16)17)10-13(11)9-12-5-3-2-4-6-12/h2-8,10,15H,9H2,1H3,(H,16,17). The van der Waals surface area contributed by atoms with Crippen molar-refractivity contribution in [2.75, 3.05) is 4.72 Å². The summed E-state index contributed by atoms with van der Waals surface area (Å²) in [7, 11) is 0. The first kappa shape index (κ1) is 12.8. The average Bonchev–Trinajstić information content (AvgIpc) is 2.34. The molecule has 0 radical (unpaired) electrons. The molecule has 0 amide bonds. The van der Waals surface area contributed by atoms with Crippen LogP contribution in [0.15, 0.2) is 48.5 Å². The minimum absolute atomic E-state index is 0.660. The third kappa shape index (κ3) is 3.42. The smallest absolute Gasteiger partial charge is 0.259 e. The van der Waals surface area contributed by atoms with Crippen molar-refractivity contribution in [2.24, 2.45) is 0 Å². The SMILES string of the molecule is Cc1ccc(NS(=O)O)cc1Cc1ccccc1. The molecule has 18 heavy (non-hydrogen) atoms. The molecule has 1 atom stereocenters. The number of hydrogen-bond acceptors (Lipinski definition) is 1. The predicted octanol–water partition coefficient (Wildman–Crippen LogP) is 3.13. The maximum Gasteiger partial charge on any atom is 0.259 e. The van der Waals surface area contributed by atoms with Crippen LogP contribution in [0.1, 0.15) is 16.7 Å². The number of aryl methyl sites for hydroxylation is 1. The Kier molecular flexibility index (Phi) is 4.12. The van der Waals surface area contributed by atoms with E-state index in [1.54, 1.807) is 6.07 Å². The number of nitrogens with one attached hydrogen (secondary N) is 1. The molecule has 0 heterocycles. The summed E-state index contributed by atoms with van der Waals surface area (Å²) in [5.74, 6) is 0. The van der Waals surface area contributed by atoms with Crippen molar-refractivity contribution in [3.63, 3.8) is 0 Å². The molecule has 0 bridgehead atoms. The molecule has 1 unspecified atom stereocenters. The average molecular weight is 261 g/mol. The molecule has 0 saturated carbocycles. The highest BCUT2D eigenvalue weighted by Crippen LogP contribution is 2.19. The lowest BCUT2D eigenvalue weighted by atomic mass is 10.0. The minimum Gasteiger partial charge on any atom is -0.289 e. The van der Waals surface area contributed by atoms with Gasteiger partial charge in [-0.05, 0) is 42.2 Å². The highest BCUT2D eigenvalue weighted by Gasteiger charge is 2.03. The quantitative estimate of drug-likeness (QED) is 0.831. The fourth-order valence-electron chi connectivity index (χ4n) is 1.84. The molecule has 3 nitrogen and oxygen atoms in total. The largest absolute Gasteiger partial charge is 0.289 e. The first-order valence-corrected chi connectivity index (χ1v) is 6.77. The van der Waals surface area contributed by atoms with Gasteiger partial charge in [0.25, 0.3) is 11.3 Å². The van der Waals surface area contributed by atoms with Crippen molar-refractivity contribution in [1.82, 2.24) is 0 Å². The second-order valence-electron chi connectivity index (χ2n) is 4.15. The number of benzene rings is 2. The molecule has 0 fully saturated rings. The van der Waals surface area contributed by atoms with E-state index in [9.17, 15) is 4.21 Å². The van der Waals surface area contributed by atoms with Crippen molar-refractivity contribution in [1.29, 1.82) is 0 Å². The van der Waals surface area contributed by atoms with Crippen LogP contribution in [0, 0.1) is 6.92 Å². The van der Waals surface area contributed by atoms with E-state index < -0.39 is 11.3 Å². The first-order chi connectivity index (χ1) is 8.65. The van der Waals surface area contributed by atoms with Crippen LogP contribution in [0.5, 0.6) is 0 Å². The summed E-state index contributed by atoms with van der Waals surface area (Å²) in [6, 6.07) is 15.8. The van der Waals surface area contributed by atoms with Gasteiger partial charge >= 0.3 is 0 Å².